The van der Waals surface area contributed by atoms with Crippen LogP contribution in [0.2, 0.25) is 0 Å². The third-order valence-electron chi connectivity index (χ3n) is 2.48. The molecule has 2 rings (SSSR count). The van der Waals surface area contributed by atoms with Crippen molar-refractivity contribution in [3.8, 4) is 0 Å². The number of carboxylic acid groups (broad SMARTS) is 1. The van der Waals surface area contributed by atoms with E-state index in [1.807, 2.05) is 0 Å². The molecule has 0 saturated carbocycles. The van der Waals surface area contributed by atoms with Crippen LogP contribution in [0.5, 0.6) is 0 Å². The van der Waals surface area contributed by atoms with Crippen molar-refractivity contribution in [3.63, 3.8) is 0 Å². The zero-order valence-electron chi connectivity index (χ0n) is 10.6. The highest BCUT2D eigenvalue weighted by atomic mass is 19.2. The third kappa shape index (κ3) is 3.11. The van der Waals surface area contributed by atoms with Crippen molar-refractivity contribution >= 4 is 23.6 Å². The number of nitrogens with one attached hydrogen (secondary N) is 2. The first kappa shape index (κ1) is 14.4. The number of carbonyl (C=O) groups excluding carboxylic acids is 1. The second kappa shape index (κ2) is 5.53. The predicted molar refractivity (Wildman–Crippen MR) is 67.0 cm³/mol. The van der Waals surface area contributed by atoms with Gasteiger partial charge in [0.15, 0.2) is 11.6 Å². The summed E-state index contributed by atoms with van der Waals surface area (Å²) in [4.78, 5) is 26.4. The number of aromatic nitrogens is 3. The lowest BCUT2D eigenvalue weighted by molar-refractivity contribution is 0.0697. The molecule has 0 spiro atoms. The van der Waals surface area contributed by atoms with Gasteiger partial charge >= 0.3 is 12.0 Å². The van der Waals surface area contributed by atoms with Crippen LogP contribution < -0.4 is 10.6 Å². The van der Waals surface area contributed by atoms with Crippen LogP contribution in [-0.2, 0) is 7.05 Å². The standard InChI is InChI=1S/C11H9F2N5O3/c1-18-10(14-4-15-18)17-11(21)16-8-3-7(13)6(12)2-5(8)9(19)20/h2-4H,1H3,(H,19,20)(H2,14,15,16,17,21). The lowest BCUT2D eigenvalue weighted by atomic mass is 10.1. The maximum absolute atomic E-state index is 13.1. The summed E-state index contributed by atoms with van der Waals surface area (Å²) in [6.45, 7) is 0. The molecule has 1 aromatic heterocycles. The monoisotopic (exact) mass is 297 g/mol. The number of benzene rings is 1. The lowest BCUT2D eigenvalue weighted by Gasteiger charge is -2.09. The molecule has 2 aromatic rings. The van der Waals surface area contributed by atoms with E-state index in [2.05, 4.69) is 20.7 Å². The minimum absolute atomic E-state index is 0.0898. The van der Waals surface area contributed by atoms with Crippen molar-refractivity contribution in [3.05, 3.63) is 35.7 Å². The Hall–Kier alpha value is -3.04. The van der Waals surface area contributed by atoms with Crippen LogP contribution in [0.1, 0.15) is 10.4 Å². The smallest absolute Gasteiger partial charge is 0.337 e. The zero-order chi connectivity index (χ0) is 15.6. The van der Waals surface area contributed by atoms with Gasteiger partial charge in [-0.25, -0.2) is 23.1 Å². The summed E-state index contributed by atoms with van der Waals surface area (Å²) < 4.78 is 27.4. The Balaban J connectivity index is 2.22. The number of aryl methyl sites for hydroxylation is 1. The molecule has 0 radical (unpaired) electrons. The summed E-state index contributed by atoms with van der Waals surface area (Å²) in [6, 6.07) is 0.185. The summed E-state index contributed by atoms with van der Waals surface area (Å²) in [5, 5.41) is 17.0. The average Bonchev–Trinajstić information content (AvgIpc) is 2.78. The van der Waals surface area contributed by atoms with Gasteiger partial charge in [-0.3, -0.25) is 5.32 Å². The molecule has 8 nitrogen and oxygen atoms in total. The summed E-state index contributed by atoms with van der Waals surface area (Å²) >= 11 is 0. The number of carbonyl (C=O) groups is 2. The Bertz CT molecular complexity index is 716. The maximum atomic E-state index is 13.1. The third-order valence-corrected chi connectivity index (χ3v) is 2.48. The zero-order valence-corrected chi connectivity index (χ0v) is 10.6. The molecule has 0 aliphatic heterocycles. The van der Waals surface area contributed by atoms with Gasteiger partial charge in [0.1, 0.15) is 6.33 Å². The molecule has 0 saturated heterocycles. The summed E-state index contributed by atoms with van der Waals surface area (Å²) in [5.41, 5.74) is -0.969. The minimum Gasteiger partial charge on any atom is -0.478 e. The second-order valence-corrected chi connectivity index (χ2v) is 3.90. The van der Waals surface area contributed by atoms with E-state index in [0.29, 0.717) is 12.1 Å². The number of aromatic carboxylic acids is 1. The van der Waals surface area contributed by atoms with Gasteiger partial charge in [0.25, 0.3) is 0 Å². The van der Waals surface area contributed by atoms with Crippen molar-refractivity contribution in [1.29, 1.82) is 0 Å². The van der Waals surface area contributed by atoms with Crippen LogP contribution in [0.15, 0.2) is 18.5 Å². The minimum atomic E-state index is -1.51. The van der Waals surface area contributed by atoms with Crippen LogP contribution >= 0.6 is 0 Å². The summed E-state index contributed by atoms with van der Waals surface area (Å²) in [7, 11) is 1.52. The Labute approximate surface area is 116 Å². The largest absolute Gasteiger partial charge is 0.478 e. The van der Waals surface area contributed by atoms with E-state index in [-0.39, 0.29) is 11.6 Å². The van der Waals surface area contributed by atoms with E-state index in [1.54, 1.807) is 0 Å². The normalized spacial score (nSPS) is 10.2. The number of hydrogen-bond acceptors (Lipinski definition) is 4. The fraction of sp³-hybridized carbons (Fsp3) is 0.0909. The Morgan fingerprint density at radius 3 is 2.48 bits per heavy atom. The predicted octanol–water partition coefficient (Wildman–Crippen LogP) is 1.44. The topological polar surface area (TPSA) is 109 Å². The van der Waals surface area contributed by atoms with Crippen molar-refractivity contribution in [2.75, 3.05) is 10.6 Å². The Morgan fingerprint density at radius 1 is 1.24 bits per heavy atom. The number of urea groups is 1. The van der Waals surface area contributed by atoms with Crippen molar-refractivity contribution in [2.45, 2.75) is 0 Å². The quantitative estimate of drug-likeness (QED) is 0.794. The maximum Gasteiger partial charge on any atom is 0.337 e. The summed E-state index contributed by atoms with van der Waals surface area (Å²) in [6.07, 6.45) is 1.19. The van der Waals surface area contributed by atoms with Crippen LogP contribution in [0, 0.1) is 11.6 Å². The number of rotatable bonds is 3. The average molecular weight is 297 g/mol. The molecule has 0 unspecified atom stereocenters. The van der Waals surface area contributed by atoms with Crippen molar-refractivity contribution < 1.29 is 23.5 Å². The van der Waals surface area contributed by atoms with Gasteiger partial charge in [0, 0.05) is 13.1 Å². The fourth-order valence-electron chi connectivity index (χ4n) is 1.49. The Morgan fingerprint density at radius 2 is 1.90 bits per heavy atom. The van der Waals surface area contributed by atoms with Crippen LogP contribution in [-0.4, -0.2) is 31.9 Å². The lowest BCUT2D eigenvalue weighted by Crippen LogP contribution is -2.23. The molecule has 0 aliphatic rings. The van der Waals surface area contributed by atoms with Crippen molar-refractivity contribution in [2.24, 2.45) is 7.05 Å². The highest BCUT2D eigenvalue weighted by Gasteiger charge is 2.17. The molecule has 0 fully saturated rings. The van der Waals surface area contributed by atoms with E-state index in [9.17, 15) is 18.4 Å². The first-order valence-corrected chi connectivity index (χ1v) is 5.53. The summed E-state index contributed by atoms with van der Waals surface area (Å²) in [5.74, 6) is -4.03. The first-order valence-electron chi connectivity index (χ1n) is 5.53. The van der Waals surface area contributed by atoms with Gasteiger partial charge in [0.2, 0.25) is 5.95 Å². The number of carboxylic acids is 1. The number of halogens is 2. The molecule has 21 heavy (non-hydrogen) atoms. The molecule has 0 atom stereocenters. The van der Waals surface area contributed by atoms with Gasteiger partial charge in [-0.2, -0.15) is 10.1 Å². The van der Waals surface area contributed by atoms with Crippen LogP contribution in [0.4, 0.5) is 25.2 Å². The van der Waals surface area contributed by atoms with Crippen LogP contribution in [0.3, 0.4) is 0 Å². The molecular weight excluding hydrogens is 288 g/mol. The second-order valence-electron chi connectivity index (χ2n) is 3.90. The molecule has 2 amide bonds. The van der Waals surface area contributed by atoms with E-state index in [1.165, 1.54) is 18.1 Å². The number of nitrogens with zero attached hydrogens (tertiary/aromatic N) is 3. The number of amides is 2. The number of anilines is 2. The molecular formula is C11H9F2N5O3. The molecule has 110 valence electrons. The van der Waals surface area contributed by atoms with Crippen LogP contribution in [0.25, 0.3) is 0 Å². The first-order chi connectivity index (χ1) is 9.88. The van der Waals surface area contributed by atoms with E-state index in [0.717, 1.165) is 0 Å². The van der Waals surface area contributed by atoms with Gasteiger partial charge in [-0.1, -0.05) is 0 Å². The molecule has 3 N–H and O–H groups in total. The van der Waals surface area contributed by atoms with Gasteiger partial charge in [-0.15, -0.1) is 0 Å². The number of hydrogen-bond donors (Lipinski definition) is 3. The highest BCUT2D eigenvalue weighted by Crippen LogP contribution is 2.20. The molecule has 0 bridgehead atoms. The molecule has 1 aromatic carbocycles. The van der Waals surface area contributed by atoms with Gasteiger partial charge in [0.05, 0.1) is 11.3 Å². The SMILES string of the molecule is Cn1ncnc1NC(=O)Nc1cc(F)c(F)cc1C(=O)O. The Kier molecular flexibility index (Phi) is 3.78. The van der Waals surface area contributed by atoms with Crippen molar-refractivity contribution in [1.82, 2.24) is 14.8 Å². The van der Waals surface area contributed by atoms with Gasteiger partial charge < -0.3 is 10.4 Å². The van der Waals surface area contributed by atoms with E-state index < -0.39 is 29.2 Å². The molecule has 1 heterocycles. The van der Waals surface area contributed by atoms with E-state index >= 15 is 0 Å². The molecule has 10 heteroatoms. The fourth-order valence-corrected chi connectivity index (χ4v) is 1.49. The van der Waals surface area contributed by atoms with E-state index in [4.69, 9.17) is 5.11 Å². The van der Waals surface area contributed by atoms with Gasteiger partial charge in [-0.05, 0) is 6.07 Å². The highest BCUT2D eigenvalue weighted by molar-refractivity contribution is 6.04. The molecule has 0 aliphatic carbocycles.